The first-order valence-electron chi connectivity index (χ1n) is 8.26. The third kappa shape index (κ3) is 3.45. The second-order valence-electron chi connectivity index (χ2n) is 6.09. The largest absolute Gasteiger partial charge is 0.465 e. The molecule has 3 heteroatoms. The molecular formula is C20H23NO2. The fourth-order valence-corrected chi connectivity index (χ4v) is 3.32. The van der Waals surface area contributed by atoms with Crippen LogP contribution in [0, 0.1) is 0 Å². The van der Waals surface area contributed by atoms with Crippen LogP contribution in [0.4, 0.5) is 0 Å². The molecule has 0 saturated heterocycles. The Morgan fingerprint density at radius 2 is 1.65 bits per heavy atom. The molecule has 0 aliphatic heterocycles. The number of hydrogen-bond acceptors (Lipinski definition) is 3. The number of rotatable bonds is 6. The highest BCUT2D eigenvalue weighted by Crippen LogP contribution is 2.31. The van der Waals surface area contributed by atoms with Crippen molar-refractivity contribution in [3.8, 4) is 0 Å². The van der Waals surface area contributed by atoms with E-state index in [0.29, 0.717) is 19.4 Å². The molecule has 2 aromatic rings. The van der Waals surface area contributed by atoms with E-state index in [1.165, 1.54) is 16.7 Å². The van der Waals surface area contributed by atoms with Gasteiger partial charge in [0.25, 0.3) is 0 Å². The Labute approximate surface area is 137 Å². The fourth-order valence-electron chi connectivity index (χ4n) is 3.32. The van der Waals surface area contributed by atoms with Gasteiger partial charge in [-0.1, -0.05) is 54.6 Å². The highest BCUT2D eigenvalue weighted by molar-refractivity contribution is 5.83. The van der Waals surface area contributed by atoms with Crippen LogP contribution in [-0.2, 0) is 28.8 Å². The van der Waals surface area contributed by atoms with Gasteiger partial charge in [-0.15, -0.1) is 0 Å². The SMILES string of the molecule is CCOC(=O)C1(NCCc2ccccc2)Cc2ccccc2C1. The van der Waals surface area contributed by atoms with Crippen LogP contribution in [-0.4, -0.2) is 24.7 Å². The third-order valence-corrected chi connectivity index (χ3v) is 4.49. The zero-order chi connectivity index (χ0) is 16.1. The molecule has 0 radical (unpaired) electrons. The maximum Gasteiger partial charge on any atom is 0.327 e. The van der Waals surface area contributed by atoms with E-state index in [2.05, 4.69) is 29.6 Å². The van der Waals surface area contributed by atoms with Gasteiger partial charge in [-0.05, 0) is 30.0 Å². The van der Waals surface area contributed by atoms with Gasteiger partial charge >= 0.3 is 5.97 Å². The van der Waals surface area contributed by atoms with Crippen molar-refractivity contribution in [2.24, 2.45) is 0 Å². The average Bonchev–Trinajstić information content (AvgIpc) is 2.96. The smallest absolute Gasteiger partial charge is 0.327 e. The molecule has 0 aromatic heterocycles. The van der Waals surface area contributed by atoms with E-state index >= 15 is 0 Å². The topological polar surface area (TPSA) is 38.3 Å². The minimum Gasteiger partial charge on any atom is -0.465 e. The van der Waals surface area contributed by atoms with Gasteiger partial charge in [0, 0.05) is 19.4 Å². The number of nitrogens with one attached hydrogen (secondary N) is 1. The van der Waals surface area contributed by atoms with Crippen molar-refractivity contribution in [2.45, 2.75) is 31.7 Å². The molecule has 0 heterocycles. The summed E-state index contributed by atoms with van der Waals surface area (Å²) < 4.78 is 5.36. The van der Waals surface area contributed by atoms with Crippen LogP contribution in [0.5, 0.6) is 0 Å². The van der Waals surface area contributed by atoms with E-state index in [-0.39, 0.29) is 5.97 Å². The van der Waals surface area contributed by atoms with E-state index < -0.39 is 5.54 Å². The summed E-state index contributed by atoms with van der Waals surface area (Å²) in [6, 6.07) is 18.6. The second-order valence-corrected chi connectivity index (χ2v) is 6.09. The standard InChI is InChI=1S/C20H23NO2/c1-2-23-19(22)20(14-17-10-6-7-11-18(17)15-20)21-13-12-16-8-4-3-5-9-16/h3-11,21H,2,12-15H2,1H3. The Balaban J connectivity index is 1.71. The fraction of sp³-hybridized carbons (Fsp3) is 0.350. The van der Waals surface area contributed by atoms with E-state index in [1.807, 2.05) is 37.3 Å². The molecule has 0 spiro atoms. The summed E-state index contributed by atoms with van der Waals surface area (Å²) in [4.78, 5) is 12.6. The highest BCUT2D eigenvalue weighted by Gasteiger charge is 2.44. The van der Waals surface area contributed by atoms with Gasteiger partial charge in [-0.25, -0.2) is 0 Å². The summed E-state index contributed by atoms with van der Waals surface area (Å²) in [6.45, 7) is 3.03. The minimum absolute atomic E-state index is 0.135. The van der Waals surface area contributed by atoms with Gasteiger partial charge in [0.05, 0.1) is 6.61 Å². The molecule has 0 unspecified atom stereocenters. The first-order valence-corrected chi connectivity index (χ1v) is 8.26. The van der Waals surface area contributed by atoms with Crippen molar-refractivity contribution >= 4 is 5.97 Å². The molecular weight excluding hydrogens is 286 g/mol. The maximum atomic E-state index is 12.6. The molecule has 23 heavy (non-hydrogen) atoms. The number of esters is 1. The number of carbonyl (C=O) groups is 1. The molecule has 1 N–H and O–H groups in total. The number of fused-ring (bicyclic) bond motifs is 1. The quantitative estimate of drug-likeness (QED) is 0.834. The van der Waals surface area contributed by atoms with Crippen LogP contribution in [0.2, 0.25) is 0 Å². The zero-order valence-corrected chi connectivity index (χ0v) is 13.5. The molecule has 0 saturated carbocycles. The first-order chi connectivity index (χ1) is 11.2. The molecule has 0 atom stereocenters. The predicted octanol–water partition coefficient (Wildman–Crippen LogP) is 2.92. The van der Waals surface area contributed by atoms with Crippen molar-refractivity contribution in [1.29, 1.82) is 0 Å². The predicted molar refractivity (Wildman–Crippen MR) is 91.4 cm³/mol. The number of ether oxygens (including phenoxy) is 1. The van der Waals surface area contributed by atoms with Crippen LogP contribution in [0.3, 0.4) is 0 Å². The molecule has 0 fully saturated rings. The summed E-state index contributed by atoms with van der Waals surface area (Å²) in [6.07, 6.45) is 2.31. The van der Waals surface area contributed by atoms with Crippen molar-refractivity contribution in [2.75, 3.05) is 13.2 Å². The Bertz CT molecular complexity index is 641. The van der Waals surface area contributed by atoms with Crippen molar-refractivity contribution in [1.82, 2.24) is 5.32 Å². The van der Waals surface area contributed by atoms with E-state index in [9.17, 15) is 4.79 Å². The summed E-state index contributed by atoms with van der Waals surface area (Å²) in [5, 5.41) is 3.50. The van der Waals surface area contributed by atoms with Crippen LogP contribution in [0.25, 0.3) is 0 Å². The molecule has 3 rings (SSSR count). The van der Waals surface area contributed by atoms with Crippen LogP contribution in [0.1, 0.15) is 23.6 Å². The molecule has 0 amide bonds. The van der Waals surface area contributed by atoms with Crippen LogP contribution in [0.15, 0.2) is 54.6 Å². The van der Waals surface area contributed by atoms with Gasteiger partial charge in [-0.2, -0.15) is 0 Å². The van der Waals surface area contributed by atoms with E-state index in [0.717, 1.165) is 13.0 Å². The minimum atomic E-state index is -0.617. The van der Waals surface area contributed by atoms with Crippen molar-refractivity contribution in [3.05, 3.63) is 71.3 Å². The first kappa shape index (κ1) is 15.8. The Hall–Kier alpha value is -2.13. The molecule has 3 nitrogen and oxygen atoms in total. The maximum absolute atomic E-state index is 12.6. The Morgan fingerprint density at radius 1 is 1.04 bits per heavy atom. The van der Waals surface area contributed by atoms with Gasteiger partial charge < -0.3 is 10.1 Å². The summed E-state index contributed by atoms with van der Waals surface area (Å²) in [5.41, 5.74) is 3.14. The van der Waals surface area contributed by atoms with Gasteiger partial charge in [-0.3, -0.25) is 4.79 Å². The normalized spacial score (nSPS) is 15.2. The lowest BCUT2D eigenvalue weighted by atomic mass is 9.95. The van der Waals surface area contributed by atoms with E-state index in [4.69, 9.17) is 4.74 Å². The lowest BCUT2D eigenvalue weighted by Gasteiger charge is -2.28. The summed E-state index contributed by atoms with van der Waals surface area (Å²) >= 11 is 0. The van der Waals surface area contributed by atoms with Gasteiger partial charge in [0.1, 0.15) is 5.54 Å². The number of hydrogen-bond donors (Lipinski definition) is 1. The van der Waals surface area contributed by atoms with Gasteiger partial charge in [0.15, 0.2) is 0 Å². The molecule has 1 aliphatic rings. The van der Waals surface area contributed by atoms with Gasteiger partial charge in [0.2, 0.25) is 0 Å². The van der Waals surface area contributed by atoms with Crippen LogP contribution < -0.4 is 5.32 Å². The molecule has 0 bridgehead atoms. The Kier molecular flexibility index (Phi) is 4.77. The summed E-state index contributed by atoms with van der Waals surface area (Å²) in [5.74, 6) is -0.135. The lowest BCUT2D eigenvalue weighted by Crippen LogP contribution is -2.54. The monoisotopic (exact) mass is 309 g/mol. The highest BCUT2D eigenvalue weighted by atomic mass is 16.5. The average molecular weight is 309 g/mol. The third-order valence-electron chi connectivity index (χ3n) is 4.49. The molecule has 120 valence electrons. The molecule has 1 aliphatic carbocycles. The van der Waals surface area contributed by atoms with Crippen molar-refractivity contribution < 1.29 is 9.53 Å². The number of benzene rings is 2. The second kappa shape index (κ2) is 6.97. The summed E-state index contributed by atoms with van der Waals surface area (Å²) in [7, 11) is 0. The van der Waals surface area contributed by atoms with E-state index in [1.54, 1.807) is 0 Å². The van der Waals surface area contributed by atoms with Crippen molar-refractivity contribution in [3.63, 3.8) is 0 Å². The molecule has 2 aromatic carbocycles. The zero-order valence-electron chi connectivity index (χ0n) is 13.5. The lowest BCUT2D eigenvalue weighted by molar-refractivity contribution is -0.150. The number of carbonyl (C=O) groups excluding carboxylic acids is 1. The van der Waals surface area contributed by atoms with Crippen LogP contribution >= 0.6 is 0 Å². The Morgan fingerprint density at radius 3 is 2.26 bits per heavy atom.